The van der Waals surface area contributed by atoms with Crippen molar-refractivity contribution in [1.82, 2.24) is 10.3 Å². The van der Waals surface area contributed by atoms with E-state index in [-0.39, 0.29) is 5.91 Å². The molecule has 2 fully saturated rings. The van der Waals surface area contributed by atoms with E-state index in [9.17, 15) is 9.90 Å². The second-order valence-electron chi connectivity index (χ2n) is 10.6. The number of hydrogen-bond donors (Lipinski definition) is 2. The molecule has 0 spiro atoms. The Morgan fingerprint density at radius 2 is 2.12 bits per heavy atom. The zero-order valence-corrected chi connectivity index (χ0v) is 21.7. The molecule has 6 heteroatoms. The SMILES string of the molecule is CC12CCC3c4ccc(O)cc4CCC3C1CCC2CCC(=O)NCCSSc1ccccn1. The number of phenols is 1. The van der Waals surface area contributed by atoms with Crippen molar-refractivity contribution in [2.45, 2.75) is 69.2 Å². The van der Waals surface area contributed by atoms with Crippen LogP contribution in [0.1, 0.15) is 68.9 Å². The summed E-state index contributed by atoms with van der Waals surface area (Å²) in [5, 5.41) is 14.0. The number of aromatic nitrogens is 1. The molecule has 0 aliphatic heterocycles. The standard InChI is InChI=1S/C28H36N2O2S2/c1-28-14-13-23-22-10-8-21(31)18-19(22)5-9-24(23)25(28)11-6-20(28)7-12-26(32)29-16-17-33-34-27-4-2-3-15-30-27/h2-4,8,10,15,18,20,23-25,31H,5-7,9,11-14,16-17H2,1H3,(H,29,32). The van der Waals surface area contributed by atoms with Crippen LogP contribution in [0.15, 0.2) is 47.6 Å². The fourth-order valence-electron chi connectivity index (χ4n) is 7.28. The van der Waals surface area contributed by atoms with Gasteiger partial charge in [0, 0.05) is 24.9 Å². The van der Waals surface area contributed by atoms with Gasteiger partial charge in [-0.1, -0.05) is 29.9 Å². The Morgan fingerprint density at radius 1 is 1.21 bits per heavy atom. The van der Waals surface area contributed by atoms with Crippen molar-refractivity contribution in [3.05, 3.63) is 53.7 Å². The molecule has 2 aromatic rings. The number of phenolic OH excluding ortho intramolecular Hbond substituents is 1. The Kier molecular flexibility index (Phi) is 7.45. The topological polar surface area (TPSA) is 62.2 Å². The average molecular weight is 497 g/mol. The molecule has 3 aliphatic rings. The minimum atomic E-state index is 0.204. The zero-order chi connectivity index (χ0) is 23.5. The molecule has 3 aliphatic carbocycles. The van der Waals surface area contributed by atoms with Crippen LogP contribution in [0.5, 0.6) is 5.75 Å². The molecule has 0 saturated heterocycles. The van der Waals surface area contributed by atoms with Gasteiger partial charge in [-0.15, -0.1) is 0 Å². The Balaban J connectivity index is 1.09. The Labute approximate surface area is 211 Å². The predicted octanol–water partition coefficient (Wildman–Crippen LogP) is 6.60. The number of pyridine rings is 1. The summed E-state index contributed by atoms with van der Waals surface area (Å²) < 4.78 is 0. The molecule has 5 unspecified atom stereocenters. The first-order chi connectivity index (χ1) is 16.5. The van der Waals surface area contributed by atoms with Crippen LogP contribution in [0, 0.1) is 23.2 Å². The fraction of sp³-hybridized carbons (Fsp3) is 0.571. The zero-order valence-electron chi connectivity index (χ0n) is 20.0. The smallest absolute Gasteiger partial charge is 0.220 e. The number of carbonyl (C=O) groups is 1. The number of hydrogen-bond acceptors (Lipinski definition) is 5. The predicted molar refractivity (Wildman–Crippen MR) is 141 cm³/mol. The van der Waals surface area contributed by atoms with Gasteiger partial charge in [0.25, 0.3) is 0 Å². The quantitative estimate of drug-likeness (QED) is 0.319. The molecule has 5 atom stereocenters. The highest BCUT2D eigenvalue weighted by molar-refractivity contribution is 8.76. The Bertz CT molecular complexity index is 1000. The van der Waals surface area contributed by atoms with E-state index in [2.05, 4.69) is 23.3 Å². The van der Waals surface area contributed by atoms with Gasteiger partial charge in [-0.05, 0) is 120 Å². The monoisotopic (exact) mass is 496 g/mol. The van der Waals surface area contributed by atoms with Crippen LogP contribution in [0.25, 0.3) is 0 Å². The lowest BCUT2D eigenvalue weighted by molar-refractivity contribution is -0.121. The van der Waals surface area contributed by atoms with Gasteiger partial charge in [0.1, 0.15) is 10.8 Å². The number of nitrogens with zero attached hydrogens (tertiary/aromatic N) is 1. The molecule has 2 N–H and O–H groups in total. The number of amides is 1. The van der Waals surface area contributed by atoms with Gasteiger partial charge in [0.05, 0.1) is 0 Å². The molecule has 2 saturated carbocycles. The molecule has 1 aromatic heterocycles. The van der Waals surface area contributed by atoms with E-state index >= 15 is 0 Å². The van der Waals surface area contributed by atoms with Crippen molar-refractivity contribution in [3.8, 4) is 5.75 Å². The summed E-state index contributed by atoms with van der Waals surface area (Å²) in [4.78, 5) is 16.8. The summed E-state index contributed by atoms with van der Waals surface area (Å²) in [5.41, 5.74) is 3.25. The molecule has 182 valence electrons. The number of nitrogens with one attached hydrogen (secondary N) is 1. The Hall–Kier alpha value is -1.66. The summed E-state index contributed by atoms with van der Waals surface area (Å²) in [7, 11) is 3.40. The number of benzene rings is 1. The summed E-state index contributed by atoms with van der Waals surface area (Å²) in [6, 6.07) is 12.0. The molecule has 34 heavy (non-hydrogen) atoms. The Morgan fingerprint density at radius 3 is 2.97 bits per heavy atom. The van der Waals surface area contributed by atoms with Crippen LogP contribution in [0.3, 0.4) is 0 Å². The van der Waals surface area contributed by atoms with Crippen LogP contribution in [-0.4, -0.2) is 28.3 Å². The average Bonchev–Trinajstić information content (AvgIpc) is 3.19. The van der Waals surface area contributed by atoms with Gasteiger partial charge in [-0.3, -0.25) is 4.79 Å². The van der Waals surface area contributed by atoms with Crippen molar-refractivity contribution in [1.29, 1.82) is 0 Å². The maximum absolute atomic E-state index is 12.5. The van der Waals surface area contributed by atoms with E-state index in [0.717, 1.165) is 35.5 Å². The molecule has 1 amide bonds. The normalized spacial score (nSPS) is 29.7. The molecule has 1 heterocycles. The second kappa shape index (κ2) is 10.5. The second-order valence-corrected chi connectivity index (χ2v) is 13.0. The maximum atomic E-state index is 12.5. The lowest BCUT2D eigenvalue weighted by atomic mass is 9.54. The molecular weight excluding hydrogens is 460 g/mol. The first-order valence-electron chi connectivity index (χ1n) is 12.8. The number of aromatic hydroxyl groups is 1. The van der Waals surface area contributed by atoms with Gasteiger partial charge in [-0.25, -0.2) is 4.98 Å². The number of rotatable bonds is 8. The lowest BCUT2D eigenvalue weighted by Crippen LogP contribution is -2.42. The summed E-state index contributed by atoms with van der Waals surface area (Å²) in [5.74, 6) is 4.37. The highest BCUT2D eigenvalue weighted by Crippen LogP contribution is 2.63. The van der Waals surface area contributed by atoms with E-state index in [4.69, 9.17) is 0 Å². The van der Waals surface area contributed by atoms with Crippen LogP contribution in [0.2, 0.25) is 0 Å². The highest BCUT2D eigenvalue weighted by Gasteiger charge is 2.54. The van der Waals surface area contributed by atoms with Gasteiger partial charge in [0.15, 0.2) is 0 Å². The van der Waals surface area contributed by atoms with E-state index < -0.39 is 0 Å². The van der Waals surface area contributed by atoms with Crippen molar-refractivity contribution in [3.63, 3.8) is 0 Å². The molecule has 0 bridgehead atoms. The molecule has 4 nitrogen and oxygen atoms in total. The minimum Gasteiger partial charge on any atom is -0.508 e. The first-order valence-corrected chi connectivity index (χ1v) is 15.2. The third kappa shape index (κ3) is 4.99. The molecular formula is C28H36N2O2S2. The van der Waals surface area contributed by atoms with Crippen molar-refractivity contribution < 1.29 is 9.90 Å². The van der Waals surface area contributed by atoms with Crippen LogP contribution >= 0.6 is 21.6 Å². The van der Waals surface area contributed by atoms with Crippen LogP contribution in [0.4, 0.5) is 0 Å². The van der Waals surface area contributed by atoms with E-state index in [1.54, 1.807) is 21.6 Å². The third-order valence-electron chi connectivity index (χ3n) is 8.92. The van der Waals surface area contributed by atoms with Crippen molar-refractivity contribution in [2.75, 3.05) is 12.3 Å². The molecule has 1 aromatic carbocycles. The number of aryl methyl sites for hydroxylation is 1. The van der Waals surface area contributed by atoms with Gasteiger partial charge < -0.3 is 10.4 Å². The summed E-state index contributed by atoms with van der Waals surface area (Å²) >= 11 is 0. The van der Waals surface area contributed by atoms with Crippen LogP contribution < -0.4 is 5.32 Å². The van der Waals surface area contributed by atoms with Crippen LogP contribution in [-0.2, 0) is 11.2 Å². The number of fused-ring (bicyclic) bond motifs is 5. The van der Waals surface area contributed by atoms with E-state index in [1.165, 1.54) is 43.2 Å². The van der Waals surface area contributed by atoms with Gasteiger partial charge >= 0.3 is 0 Å². The summed E-state index contributed by atoms with van der Waals surface area (Å²) in [6.45, 7) is 3.24. The van der Waals surface area contributed by atoms with Gasteiger partial charge in [-0.2, -0.15) is 0 Å². The van der Waals surface area contributed by atoms with Crippen molar-refractivity contribution in [2.24, 2.45) is 23.2 Å². The fourth-order valence-corrected chi connectivity index (χ4v) is 9.06. The number of carbonyl (C=O) groups excluding carboxylic acids is 1. The van der Waals surface area contributed by atoms with E-state index in [0.29, 0.717) is 36.0 Å². The van der Waals surface area contributed by atoms with Gasteiger partial charge in [0.2, 0.25) is 5.91 Å². The maximum Gasteiger partial charge on any atom is 0.220 e. The largest absolute Gasteiger partial charge is 0.508 e. The molecule has 0 radical (unpaired) electrons. The van der Waals surface area contributed by atoms with Crippen molar-refractivity contribution >= 4 is 27.5 Å². The lowest BCUT2D eigenvalue weighted by Gasteiger charge is -2.51. The molecule has 5 rings (SSSR count). The highest BCUT2D eigenvalue weighted by atomic mass is 33.1. The third-order valence-corrected chi connectivity index (χ3v) is 11.2. The van der Waals surface area contributed by atoms with E-state index in [1.807, 2.05) is 36.5 Å². The first kappa shape index (κ1) is 24.1. The summed E-state index contributed by atoms with van der Waals surface area (Å²) in [6.07, 6.45) is 11.0. The minimum absolute atomic E-state index is 0.204.